The monoisotopic (exact) mass is 332 g/mol. The van der Waals surface area contributed by atoms with Crippen molar-refractivity contribution in [2.24, 2.45) is 0 Å². The molecule has 1 unspecified atom stereocenters. The fourth-order valence-corrected chi connectivity index (χ4v) is 3.47. The molecule has 0 saturated heterocycles. The van der Waals surface area contributed by atoms with E-state index < -0.39 is 0 Å². The van der Waals surface area contributed by atoms with Crippen LogP contribution in [-0.2, 0) is 0 Å². The average Bonchev–Trinajstić information content (AvgIpc) is 3.29. The molecule has 3 nitrogen and oxygen atoms in total. The van der Waals surface area contributed by atoms with Crippen LogP contribution in [0.3, 0.4) is 0 Å². The summed E-state index contributed by atoms with van der Waals surface area (Å²) >= 11 is 1.43. The number of hydrogen-bond donors (Lipinski definition) is 1. The predicted octanol–water partition coefficient (Wildman–Crippen LogP) is 3.77. The molecule has 1 fully saturated rings. The van der Waals surface area contributed by atoms with E-state index in [1.54, 1.807) is 12.1 Å². The highest BCUT2D eigenvalue weighted by Crippen LogP contribution is 2.28. The Morgan fingerprint density at radius 2 is 2.00 bits per heavy atom. The third kappa shape index (κ3) is 3.98. The largest absolute Gasteiger partial charge is 0.350 e. The maximum absolute atomic E-state index is 13.0. The Kier molecular flexibility index (Phi) is 4.78. The number of nitrogens with one attached hydrogen (secondary N) is 1. The first-order valence-corrected chi connectivity index (χ1v) is 8.72. The van der Waals surface area contributed by atoms with Crippen LogP contribution in [0.25, 0.3) is 10.4 Å². The van der Waals surface area contributed by atoms with Crippen molar-refractivity contribution in [2.45, 2.75) is 31.8 Å². The van der Waals surface area contributed by atoms with Gasteiger partial charge in [-0.1, -0.05) is 12.1 Å². The van der Waals surface area contributed by atoms with Gasteiger partial charge in [0, 0.05) is 23.5 Å². The summed E-state index contributed by atoms with van der Waals surface area (Å²) in [6, 6.07) is 11.1. The maximum atomic E-state index is 13.0. The molecule has 122 valence electrons. The number of amides is 1. The van der Waals surface area contributed by atoms with Gasteiger partial charge in [-0.2, -0.15) is 0 Å². The smallest absolute Gasteiger partial charge is 0.261 e. The molecule has 0 radical (unpaired) electrons. The SMILES string of the molecule is CC(CNC(=O)c1ccc(-c2ccc(F)cc2)s1)N(C)C1CC1. The summed E-state index contributed by atoms with van der Waals surface area (Å²) in [6.07, 6.45) is 2.53. The highest BCUT2D eigenvalue weighted by molar-refractivity contribution is 7.17. The number of carbonyl (C=O) groups excluding carboxylic acids is 1. The summed E-state index contributed by atoms with van der Waals surface area (Å²) in [5, 5.41) is 3.01. The van der Waals surface area contributed by atoms with Gasteiger partial charge in [0.25, 0.3) is 5.91 Å². The van der Waals surface area contributed by atoms with E-state index in [0.29, 0.717) is 23.5 Å². The summed E-state index contributed by atoms with van der Waals surface area (Å²) in [6.45, 7) is 2.78. The molecule has 1 aliphatic carbocycles. The standard InChI is InChI=1S/C18H21FN2OS/c1-12(21(2)15-7-8-15)11-20-18(22)17-10-9-16(23-17)13-3-5-14(19)6-4-13/h3-6,9-10,12,15H,7-8,11H2,1-2H3,(H,20,22). The van der Waals surface area contributed by atoms with Gasteiger partial charge in [0.05, 0.1) is 4.88 Å². The summed E-state index contributed by atoms with van der Waals surface area (Å²) < 4.78 is 13.0. The average molecular weight is 332 g/mol. The summed E-state index contributed by atoms with van der Waals surface area (Å²) in [5.41, 5.74) is 0.928. The van der Waals surface area contributed by atoms with E-state index >= 15 is 0 Å². The number of hydrogen-bond acceptors (Lipinski definition) is 3. The number of rotatable bonds is 6. The molecule has 1 saturated carbocycles. The van der Waals surface area contributed by atoms with Crippen molar-refractivity contribution in [3.05, 3.63) is 47.1 Å². The molecule has 0 spiro atoms. The van der Waals surface area contributed by atoms with Gasteiger partial charge < -0.3 is 5.32 Å². The molecule has 0 aliphatic heterocycles. The second-order valence-electron chi connectivity index (χ2n) is 6.13. The van der Waals surface area contributed by atoms with Crippen LogP contribution >= 0.6 is 11.3 Å². The molecule has 1 aromatic heterocycles. The summed E-state index contributed by atoms with van der Waals surface area (Å²) in [4.78, 5) is 16.3. The highest BCUT2D eigenvalue weighted by Gasteiger charge is 2.29. The van der Waals surface area contributed by atoms with Gasteiger partial charge in [0.15, 0.2) is 0 Å². The molecule has 2 aromatic rings. The predicted molar refractivity (Wildman–Crippen MR) is 92.3 cm³/mol. The molecule has 23 heavy (non-hydrogen) atoms. The first kappa shape index (κ1) is 16.1. The second kappa shape index (κ2) is 6.81. The third-order valence-electron chi connectivity index (χ3n) is 4.33. The maximum Gasteiger partial charge on any atom is 0.261 e. The number of thiophene rings is 1. The Hall–Kier alpha value is -1.72. The van der Waals surface area contributed by atoms with Gasteiger partial charge in [-0.3, -0.25) is 9.69 Å². The van der Waals surface area contributed by atoms with Crippen LogP contribution in [0.15, 0.2) is 36.4 Å². The molecule has 1 atom stereocenters. The van der Waals surface area contributed by atoms with Crippen molar-refractivity contribution in [3.63, 3.8) is 0 Å². The van der Waals surface area contributed by atoms with Crippen LogP contribution < -0.4 is 5.32 Å². The van der Waals surface area contributed by atoms with Crippen LogP contribution in [-0.4, -0.2) is 36.5 Å². The number of likely N-dealkylation sites (N-methyl/N-ethyl adjacent to an activating group) is 1. The Balaban J connectivity index is 1.58. The van der Waals surface area contributed by atoms with Gasteiger partial charge in [-0.15, -0.1) is 11.3 Å². The van der Waals surface area contributed by atoms with E-state index in [4.69, 9.17) is 0 Å². The minimum absolute atomic E-state index is 0.0422. The fraction of sp³-hybridized carbons (Fsp3) is 0.389. The van der Waals surface area contributed by atoms with Gasteiger partial charge in [0.1, 0.15) is 5.82 Å². The van der Waals surface area contributed by atoms with Crippen molar-refractivity contribution in [1.82, 2.24) is 10.2 Å². The van der Waals surface area contributed by atoms with Crippen LogP contribution in [0.2, 0.25) is 0 Å². The molecule has 3 rings (SSSR count). The lowest BCUT2D eigenvalue weighted by molar-refractivity contribution is 0.0943. The van der Waals surface area contributed by atoms with E-state index in [1.807, 2.05) is 12.1 Å². The molecule has 1 aromatic carbocycles. The van der Waals surface area contributed by atoms with Crippen LogP contribution in [0.5, 0.6) is 0 Å². The lowest BCUT2D eigenvalue weighted by atomic mass is 10.2. The molecular weight excluding hydrogens is 311 g/mol. The van der Waals surface area contributed by atoms with E-state index in [1.165, 1.54) is 36.3 Å². The molecule has 1 amide bonds. The van der Waals surface area contributed by atoms with E-state index in [2.05, 4.69) is 24.2 Å². The quantitative estimate of drug-likeness (QED) is 0.873. The van der Waals surface area contributed by atoms with Crippen molar-refractivity contribution in [2.75, 3.05) is 13.6 Å². The van der Waals surface area contributed by atoms with Crippen molar-refractivity contribution >= 4 is 17.2 Å². The van der Waals surface area contributed by atoms with Crippen LogP contribution in [0, 0.1) is 5.82 Å². The zero-order chi connectivity index (χ0) is 16.4. The fourth-order valence-electron chi connectivity index (χ4n) is 2.54. The molecule has 1 aliphatic rings. The van der Waals surface area contributed by atoms with E-state index in [0.717, 1.165) is 10.4 Å². The van der Waals surface area contributed by atoms with Crippen molar-refractivity contribution in [1.29, 1.82) is 0 Å². The van der Waals surface area contributed by atoms with Gasteiger partial charge >= 0.3 is 0 Å². The Morgan fingerprint density at radius 1 is 1.30 bits per heavy atom. The van der Waals surface area contributed by atoms with Gasteiger partial charge in [-0.05, 0) is 56.6 Å². The lowest BCUT2D eigenvalue weighted by Gasteiger charge is -2.24. The van der Waals surface area contributed by atoms with Gasteiger partial charge in [-0.25, -0.2) is 4.39 Å². The number of nitrogens with zero attached hydrogens (tertiary/aromatic N) is 1. The molecule has 1 heterocycles. The highest BCUT2D eigenvalue weighted by atomic mass is 32.1. The second-order valence-corrected chi connectivity index (χ2v) is 7.21. The Bertz CT molecular complexity index is 679. The molecule has 0 bridgehead atoms. The van der Waals surface area contributed by atoms with E-state index in [-0.39, 0.29) is 11.7 Å². The minimum Gasteiger partial charge on any atom is -0.350 e. The summed E-state index contributed by atoms with van der Waals surface area (Å²) in [7, 11) is 2.12. The topological polar surface area (TPSA) is 32.3 Å². The normalized spacial score (nSPS) is 15.7. The Morgan fingerprint density at radius 3 is 2.65 bits per heavy atom. The van der Waals surface area contributed by atoms with Gasteiger partial charge in [0.2, 0.25) is 0 Å². The number of halogens is 1. The van der Waals surface area contributed by atoms with Crippen LogP contribution in [0.1, 0.15) is 29.4 Å². The lowest BCUT2D eigenvalue weighted by Crippen LogP contribution is -2.41. The zero-order valence-electron chi connectivity index (χ0n) is 13.4. The number of benzene rings is 1. The molecule has 5 heteroatoms. The van der Waals surface area contributed by atoms with Crippen molar-refractivity contribution in [3.8, 4) is 10.4 Å². The first-order valence-electron chi connectivity index (χ1n) is 7.90. The molecule has 1 N–H and O–H groups in total. The first-order chi connectivity index (χ1) is 11.0. The number of carbonyl (C=O) groups is 1. The third-order valence-corrected chi connectivity index (χ3v) is 5.47. The minimum atomic E-state index is -0.253. The summed E-state index contributed by atoms with van der Waals surface area (Å²) in [5.74, 6) is -0.295. The Labute approximate surface area is 140 Å². The molecular formula is C18H21FN2OS. The zero-order valence-corrected chi connectivity index (χ0v) is 14.2. The van der Waals surface area contributed by atoms with Crippen LogP contribution in [0.4, 0.5) is 4.39 Å². The van der Waals surface area contributed by atoms with E-state index in [9.17, 15) is 9.18 Å². The van der Waals surface area contributed by atoms with Crippen molar-refractivity contribution < 1.29 is 9.18 Å².